The van der Waals surface area contributed by atoms with Crippen molar-refractivity contribution in [1.82, 2.24) is 0 Å². The van der Waals surface area contributed by atoms with Crippen molar-refractivity contribution in [1.29, 1.82) is 0 Å². The molecule has 17 heavy (non-hydrogen) atoms. The van der Waals surface area contributed by atoms with Gasteiger partial charge in [-0.2, -0.15) is 0 Å². The van der Waals surface area contributed by atoms with E-state index in [0.717, 1.165) is 11.3 Å². The van der Waals surface area contributed by atoms with E-state index in [1.54, 1.807) is 0 Å². The molecule has 0 radical (unpaired) electrons. The first-order chi connectivity index (χ1) is 8.29. The van der Waals surface area contributed by atoms with Crippen molar-refractivity contribution in [3.63, 3.8) is 0 Å². The monoisotopic (exact) mass is 222 g/mol. The SMILES string of the molecule is C#Cc1cccc(OCc2ccccc2C)c1. The van der Waals surface area contributed by atoms with Gasteiger partial charge in [0.15, 0.2) is 0 Å². The van der Waals surface area contributed by atoms with Crippen LogP contribution in [0, 0.1) is 19.3 Å². The Bertz CT molecular complexity index is 549. The van der Waals surface area contributed by atoms with Gasteiger partial charge >= 0.3 is 0 Å². The molecular weight excluding hydrogens is 208 g/mol. The Kier molecular flexibility index (Phi) is 3.47. The van der Waals surface area contributed by atoms with E-state index in [2.05, 4.69) is 25.0 Å². The Hall–Kier alpha value is -2.20. The zero-order chi connectivity index (χ0) is 12.1. The number of aryl methyl sites for hydroxylation is 1. The third kappa shape index (κ3) is 2.89. The van der Waals surface area contributed by atoms with Crippen molar-refractivity contribution in [3.05, 3.63) is 65.2 Å². The highest BCUT2D eigenvalue weighted by atomic mass is 16.5. The van der Waals surface area contributed by atoms with Crippen molar-refractivity contribution in [2.24, 2.45) is 0 Å². The van der Waals surface area contributed by atoms with Crippen LogP contribution in [-0.2, 0) is 6.61 Å². The molecule has 2 aromatic carbocycles. The summed E-state index contributed by atoms with van der Waals surface area (Å²) in [6.07, 6.45) is 5.34. The van der Waals surface area contributed by atoms with Gasteiger partial charge in [-0.05, 0) is 36.2 Å². The molecule has 0 spiro atoms. The summed E-state index contributed by atoms with van der Waals surface area (Å²) in [6, 6.07) is 15.8. The fourth-order valence-corrected chi connectivity index (χ4v) is 1.61. The van der Waals surface area contributed by atoms with Crippen molar-refractivity contribution < 1.29 is 4.74 Å². The largest absolute Gasteiger partial charge is 0.489 e. The number of rotatable bonds is 3. The van der Waals surface area contributed by atoms with E-state index in [4.69, 9.17) is 11.2 Å². The van der Waals surface area contributed by atoms with E-state index < -0.39 is 0 Å². The fraction of sp³-hybridized carbons (Fsp3) is 0.125. The zero-order valence-electron chi connectivity index (χ0n) is 9.81. The minimum absolute atomic E-state index is 0.570. The van der Waals surface area contributed by atoms with Gasteiger partial charge in [-0.3, -0.25) is 0 Å². The molecule has 0 N–H and O–H groups in total. The average molecular weight is 222 g/mol. The fourth-order valence-electron chi connectivity index (χ4n) is 1.61. The minimum Gasteiger partial charge on any atom is -0.489 e. The van der Waals surface area contributed by atoms with Gasteiger partial charge in [0.1, 0.15) is 12.4 Å². The lowest BCUT2D eigenvalue weighted by molar-refractivity contribution is 0.305. The number of hydrogen-bond acceptors (Lipinski definition) is 1. The van der Waals surface area contributed by atoms with Gasteiger partial charge in [0.2, 0.25) is 0 Å². The van der Waals surface area contributed by atoms with Crippen LogP contribution in [0.25, 0.3) is 0 Å². The summed E-state index contributed by atoms with van der Waals surface area (Å²) < 4.78 is 5.72. The molecule has 0 saturated heterocycles. The highest BCUT2D eigenvalue weighted by Crippen LogP contribution is 2.15. The van der Waals surface area contributed by atoms with Crippen molar-refractivity contribution >= 4 is 0 Å². The third-order valence-corrected chi connectivity index (χ3v) is 2.66. The Morgan fingerprint density at radius 2 is 1.94 bits per heavy atom. The van der Waals surface area contributed by atoms with E-state index in [1.165, 1.54) is 11.1 Å². The first kappa shape index (κ1) is 11.3. The van der Waals surface area contributed by atoms with Crippen LogP contribution in [-0.4, -0.2) is 0 Å². The van der Waals surface area contributed by atoms with Gasteiger partial charge < -0.3 is 4.74 Å². The van der Waals surface area contributed by atoms with E-state index in [9.17, 15) is 0 Å². The summed E-state index contributed by atoms with van der Waals surface area (Å²) in [7, 11) is 0. The Morgan fingerprint density at radius 1 is 1.12 bits per heavy atom. The van der Waals surface area contributed by atoms with Crippen molar-refractivity contribution in [3.8, 4) is 18.1 Å². The molecule has 0 amide bonds. The van der Waals surface area contributed by atoms with Gasteiger partial charge in [-0.1, -0.05) is 36.3 Å². The summed E-state index contributed by atoms with van der Waals surface area (Å²) in [5.74, 6) is 3.41. The molecule has 0 fully saturated rings. The molecule has 1 nitrogen and oxygen atoms in total. The first-order valence-corrected chi connectivity index (χ1v) is 5.53. The summed E-state index contributed by atoms with van der Waals surface area (Å²) in [6.45, 7) is 2.65. The van der Waals surface area contributed by atoms with Crippen LogP contribution in [0.3, 0.4) is 0 Å². The maximum Gasteiger partial charge on any atom is 0.121 e. The van der Waals surface area contributed by atoms with Crippen LogP contribution >= 0.6 is 0 Å². The molecule has 0 aromatic heterocycles. The molecule has 0 saturated carbocycles. The molecule has 1 heteroatoms. The molecule has 0 heterocycles. The first-order valence-electron chi connectivity index (χ1n) is 5.53. The van der Waals surface area contributed by atoms with E-state index in [0.29, 0.717) is 6.61 Å². The molecular formula is C16H14O. The van der Waals surface area contributed by atoms with Crippen LogP contribution in [0.5, 0.6) is 5.75 Å². The van der Waals surface area contributed by atoms with Crippen molar-refractivity contribution in [2.75, 3.05) is 0 Å². The Morgan fingerprint density at radius 3 is 2.71 bits per heavy atom. The maximum atomic E-state index is 5.72. The van der Waals surface area contributed by atoms with Crippen molar-refractivity contribution in [2.45, 2.75) is 13.5 Å². The second-order valence-corrected chi connectivity index (χ2v) is 3.89. The summed E-state index contributed by atoms with van der Waals surface area (Å²) in [5, 5.41) is 0. The lowest BCUT2D eigenvalue weighted by Crippen LogP contribution is -1.97. The molecule has 0 atom stereocenters. The predicted octanol–water partition coefficient (Wildman–Crippen LogP) is 3.56. The quantitative estimate of drug-likeness (QED) is 0.721. The molecule has 0 aliphatic carbocycles. The Labute approximate surface area is 102 Å². The summed E-state index contributed by atoms with van der Waals surface area (Å²) in [4.78, 5) is 0. The summed E-state index contributed by atoms with van der Waals surface area (Å²) >= 11 is 0. The number of hydrogen-bond donors (Lipinski definition) is 0. The van der Waals surface area contributed by atoms with Crippen LogP contribution in [0.15, 0.2) is 48.5 Å². The zero-order valence-corrected chi connectivity index (χ0v) is 9.81. The van der Waals surface area contributed by atoms with Crippen LogP contribution in [0.2, 0.25) is 0 Å². The standard InChI is InChI=1S/C16H14O/c1-3-14-8-6-10-16(11-14)17-12-15-9-5-4-7-13(15)2/h1,4-11H,12H2,2H3. The number of terminal acetylenes is 1. The predicted molar refractivity (Wildman–Crippen MR) is 69.9 cm³/mol. The molecule has 0 bridgehead atoms. The number of ether oxygens (including phenoxy) is 1. The second kappa shape index (κ2) is 5.23. The third-order valence-electron chi connectivity index (χ3n) is 2.66. The molecule has 84 valence electrons. The van der Waals surface area contributed by atoms with E-state index in [1.807, 2.05) is 36.4 Å². The molecule has 2 aromatic rings. The molecule has 0 unspecified atom stereocenters. The minimum atomic E-state index is 0.570. The number of benzene rings is 2. The Balaban J connectivity index is 2.08. The lowest BCUT2D eigenvalue weighted by atomic mass is 10.1. The summed E-state index contributed by atoms with van der Waals surface area (Å²) in [5.41, 5.74) is 3.27. The van der Waals surface area contributed by atoms with Gasteiger partial charge in [-0.25, -0.2) is 0 Å². The molecule has 0 aliphatic rings. The topological polar surface area (TPSA) is 9.23 Å². The van der Waals surface area contributed by atoms with Crippen LogP contribution in [0.1, 0.15) is 16.7 Å². The van der Waals surface area contributed by atoms with Crippen LogP contribution < -0.4 is 4.74 Å². The lowest BCUT2D eigenvalue weighted by Gasteiger charge is -2.08. The normalized spacial score (nSPS) is 9.65. The van der Waals surface area contributed by atoms with E-state index in [-0.39, 0.29) is 0 Å². The average Bonchev–Trinajstić information content (AvgIpc) is 2.38. The van der Waals surface area contributed by atoms with Gasteiger partial charge in [0.05, 0.1) is 0 Å². The highest BCUT2D eigenvalue weighted by molar-refractivity contribution is 5.38. The highest BCUT2D eigenvalue weighted by Gasteiger charge is 1.99. The second-order valence-electron chi connectivity index (χ2n) is 3.89. The van der Waals surface area contributed by atoms with Crippen LogP contribution in [0.4, 0.5) is 0 Å². The maximum absolute atomic E-state index is 5.72. The van der Waals surface area contributed by atoms with Gasteiger partial charge in [0.25, 0.3) is 0 Å². The van der Waals surface area contributed by atoms with Gasteiger partial charge in [-0.15, -0.1) is 6.42 Å². The smallest absolute Gasteiger partial charge is 0.121 e. The van der Waals surface area contributed by atoms with Gasteiger partial charge in [0, 0.05) is 5.56 Å². The molecule has 2 rings (SSSR count). The molecule has 0 aliphatic heterocycles. The van der Waals surface area contributed by atoms with E-state index >= 15 is 0 Å².